The molecule has 3 aromatic rings. The molecule has 2 heterocycles. The van der Waals surface area contributed by atoms with E-state index in [2.05, 4.69) is 15.2 Å². The molecule has 4 rings (SSSR count). The van der Waals surface area contributed by atoms with Crippen LogP contribution in [0.3, 0.4) is 0 Å². The summed E-state index contributed by atoms with van der Waals surface area (Å²) in [4.78, 5) is 19.7. The summed E-state index contributed by atoms with van der Waals surface area (Å²) in [5, 5.41) is 3.06. The predicted octanol–water partition coefficient (Wildman–Crippen LogP) is 3.86. The number of nitrogens with zero attached hydrogens (tertiary/aromatic N) is 2. The molecule has 26 heavy (non-hydrogen) atoms. The maximum Gasteiger partial charge on any atom is 0.246 e. The Morgan fingerprint density at radius 1 is 1.19 bits per heavy atom. The molecule has 1 amide bonds. The van der Waals surface area contributed by atoms with Crippen LogP contribution in [-0.2, 0) is 4.79 Å². The second-order valence-electron chi connectivity index (χ2n) is 6.37. The molecule has 1 atom stereocenters. The number of hydrogen-bond acceptors (Lipinski definition) is 5. The van der Waals surface area contributed by atoms with Crippen LogP contribution in [0.15, 0.2) is 52.9 Å². The topological polar surface area (TPSA) is 58.4 Å². The van der Waals surface area contributed by atoms with Crippen LogP contribution in [0, 0.1) is 6.92 Å². The van der Waals surface area contributed by atoms with Crippen LogP contribution in [0.1, 0.15) is 17.5 Å². The molecule has 0 spiro atoms. The quantitative estimate of drug-likeness (QED) is 0.759. The van der Waals surface area contributed by atoms with Crippen LogP contribution < -0.4 is 5.32 Å². The van der Waals surface area contributed by atoms with E-state index in [1.807, 2.05) is 67.2 Å². The predicted molar refractivity (Wildman–Crippen MR) is 105 cm³/mol. The minimum absolute atomic E-state index is 0.0151. The number of benzene rings is 2. The van der Waals surface area contributed by atoms with Gasteiger partial charge < -0.3 is 9.73 Å². The van der Waals surface area contributed by atoms with Crippen molar-refractivity contribution in [2.24, 2.45) is 0 Å². The highest BCUT2D eigenvalue weighted by atomic mass is 32.2. The molecule has 1 N–H and O–H groups in total. The van der Waals surface area contributed by atoms with Gasteiger partial charge in [0.25, 0.3) is 0 Å². The van der Waals surface area contributed by atoms with Crippen molar-refractivity contribution >= 4 is 34.5 Å². The molecular weight excluding hydrogens is 346 g/mol. The van der Waals surface area contributed by atoms with Gasteiger partial charge in [-0.15, -0.1) is 0 Å². The van der Waals surface area contributed by atoms with Crippen molar-refractivity contribution in [1.82, 2.24) is 9.88 Å². The van der Waals surface area contributed by atoms with Crippen molar-refractivity contribution < 1.29 is 9.21 Å². The molecule has 0 saturated carbocycles. The van der Waals surface area contributed by atoms with Gasteiger partial charge >= 0.3 is 0 Å². The van der Waals surface area contributed by atoms with Crippen LogP contribution >= 0.6 is 11.8 Å². The first-order chi connectivity index (χ1) is 12.7. The maximum absolute atomic E-state index is 13.1. The Labute approximate surface area is 156 Å². The molecule has 1 aliphatic heterocycles. The summed E-state index contributed by atoms with van der Waals surface area (Å²) in [6.07, 6.45) is 0. The van der Waals surface area contributed by atoms with Gasteiger partial charge in [-0.3, -0.25) is 9.69 Å². The van der Waals surface area contributed by atoms with Gasteiger partial charge in [0.2, 0.25) is 5.91 Å². The molecule has 134 valence electrons. The van der Waals surface area contributed by atoms with Crippen molar-refractivity contribution in [3.05, 3.63) is 60.0 Å². The number of carbonyl (C=O) groups is 1. The smallest absolute Gasteiger partial charge is 0.246 e. The van der Waals surface area contributed by atoms with Gasteiger partial charge in [-0.2, -0.15) is 11.8 Å². The van der Waals surface area contributed by atoms with Gasteiger partial charge in [0.15, 0.2) is 11.5 Å². The molecule has 1 aliphatic rings. The summed E-state index contributed by atoms with van der Waals surface area (Å²) in [5.41, 5.74) is 3.23. The molecule has 0 bridgehead atoms. The Balaban J connectivity index is 1.60. The lowest BCUT2D eigenvalue weighted by molar-refractivity contribution is -0.121. The average molecular weight is 367 g/mol. The lowest BCUT2D eigenvalue weighted by atomic mass is 10.0. The van der Waals surface area contributed by atoms with Crippen LogP contribution in [0.2, 0.25) is 0 Å². The number of fused-ring (bicyclic) bond motifs is 1. The average Bonchev–Trinajstić information content (AvgIpc) is 3.03. The van der Waals surface area contributed by atoms with Crippen LogP contribution in [0.25, 0.3) is 11.1 Å². The Kier molecular flexibility index (Phi) is 4.95. The van der Waals surface area contributed by atoms with Crippen molar-refractivity contribution in [2.45, 2.75) is 13.0 Å². The molecule has 1 unspecified atom stereocenters. The molecule has 2 aromatic carbocycles. The van der Waals surface area contributed by atoms with E-state index in [-0.39, 0.29) is 11.9 Å². The largest absolute Gasteiger partial charge is 0.441 e. The molecule has 0 aliphatic carbocycles. The number of aromatic nitrogens is 1. The van der Waals surface area contributed by atoms with E-state index in [0.29, 0.717) is 11.5 Å². The Bertz CT molecular complexity index is 904. The Hall–Kier alpha value is -2.31. The first-order valence-electron chi connectivity index (χ1n) is 8.75. The third kappa shape index (κ3) is 3.61. The summed E-state index contributed by atoms with van der Waals surface area (Å²) in [6.45, 7) is 3.65. The molecule has 1 fully saturated rings. The van der Waals surface area contributed by atoms with E-state index in [0.717, 1.165) is 41.4 Å². The van der Waals surface area contributed by atoms with Crippen LogP contribution in [-0.4, -0.2) is 40.4 Å². The number of carbonyl (C=O) groups excluding carboxylic acids is 1. The van der Waals surface area contributed by atoms with Gasteiger partial charge in [0.1, 0.15) is 11.6 Å². The summed E-state index contributed by atoms with van der Waals surface area (Å²) in [5.74, 6) is 2.72. The van der Waals surface area contributed by atoms with E-state index in [4.69, 9.17) is 4.42 Å². The third-order valence-corrected chi connectivity index (χ3v) is 5.48. The van der Waals surface area contributed by atoms with E-state index in [9.17, 15) is 4.79 Å². The van der Waals surface area contributed by atoms with Gasteiger partial charge in [0, 0.05) is 43.3 Å². The second-order valence-corrected chi connectivity index (χ2v) is 7.59. The van der Waals surface area contributed by atoms with Gasteiger partial charge in [-0.05, 0) is 17.7 Å². The van der Waals surface area contributed by atoms with E-state index in [1.165, 1.54) is 0 Å². The molecule has 1 aromatic heterocycles. The zero-order valence-corrected chi connectivity index (χ0v) is 15.5. The standard InChI is InChI=1S/C20H21N3O2S/c1-14-21-17-8-7-16(13-18(17)25-14)22-20(24)19(15-5-3-2-4-6-15)23-9-11-26-12-10-23/h2-8,13,19H,9-12H2,1H3,(H,22,24). The highest BCUT2D eigenvalue weighted by Crippen LogP contribution is 2.27. The number of thioether (sulfide) groups is 1. The fourth-order valence-corrected chi connectivity index (χ4v) is 4.26. The third-order valence-electron chi connectivity index (χ3n) is 4.54. The van der Waals surface area contributed by atoms with Crippen LogP contribution in [0.4, 0.5) is 5.69 Å². The molecule has 5 nitrogen and oxygen atoms in total. The highest BCUT2D eigenvalue weighted by molar-refractivity contribution is 7.99. The van der Waals surface area contributed by atoms with Crippen molar-refractivity contribution in [3.8, 4) is 0 Å². The minimum atomic E-state index is -0.288. The zero-order valence-electron chi connectivity index (χ0n) is 14.6. The first kappa shape index (κ1) is 17.1. The lowest BCUT2D eigenvalue weighted by Crippen LogP contribution is -2.41. The maximum atomic E-state index is 13.1. The van der Waals surface area contributed by atoms with E-state index >= 15 is 0 Å². The number of hydrogen-bond donors (Lipinski definition) is 1. The van der Waals surface area contributed by atoms with Gasteiger partial charge in [0.05, 0.1) is 0 Å². The van der Waals surface area contributed by atoms with E-state index in [1.54, 1.807) is 0 Å². The number of oxazole rings is 1. The molecular formula is C20H21N3O2S. The summed E-state index contributed by atoms with van der Waals surface area (Å²) >= 11 is 1.94. The van der Waals surface area contributed by atoms with Crippen LogP contribution in [0.5, 0.6) is 0 Å². The zero-order chi connectivity index (χ0) is 17.9. The Morgan fingerprint density at radius 2 is 1.96 bits per heavy atom. The Morgan fingerprint density at radius 3 is 2.73 bits per heavy atom. The van der Waals surface area contributed by atoms with Crippen molar-refractivity contribution in [3.63, 3.8) is 0 Å². The summed E-state index contributed by atoms with van der Waals surface area (Å²) < 4.78 is 5.58. The van der Waals surface area contributed by atoms with Gasteiger partial charge in [-0.25, -0.2) is 4.98 Å². The molecule has 0 radical (unpaired) electrons. The SMILES string of the molecule is Cc1nc2ccc(NC(=O)C(c3ccccc3)N3CCSCC3)cc2o1. The molecule has 1 saturated heterocycles. The monoisotopic (exact) mass is 367 g/mol. The summed E-state index contributed by atoms with van der Waals surface area (Å²) in [6, 6.07) is 15.3. The second kappa shape index (κ2) is 7.51. The van der Waals surface area contributed by atoms with E-state index < -0.39 is 0 Å². The fourth-order valence-electron chi connectivity index (χ4n) is 3.33. The number of anilines is 1. The highest BCUT2D eigenvalue weighted by Gasteiger charge is 2.29. The number of nitrogens with one attached hydrogen (secondary N) is 1. The minimum Gasteiger partial charge on any atom is -0.441 e. The number of amides is 1. The molecule has 6 heteroatoms. The normalized spacial score (nSPS) is 16.5. The summed E-state index contributed by atoms with van der Waals surface area (Å²) in [7, 11) is 0. The number of rotatable bonds is 4. The van der Waals surface area contributed by atoms with Crippen molar-refractivity contribution in [1.29, 1.82) is 0 Å². The fraction of sp³-hybridized carbons (Fsp3) is 0.300. The lowest BCUT2D eigenvalue weighted by Gasteiger charge is -2.33. The number of aryl methyl sites for hydroxylation is 1. The van der Waals surface area contributed by atoms with Crippen molar-refractivity contribution in [2.75, 3.05) is 29.9 Å². The first-order valence-corrected chi connectivity index (χ1v) is 9.91. The van der Waals surface area contributed by atoms with Gasteiger partial charge in [-0.1, -0.05) is 30.3 Å².